The SMILES string of the molecule is COC(=O)C1CC(OSc2ccc(Br)cc2)CN1. The van der Waals surface area contributed by atoms with Crippen molar-refractivity contribution in [2.45, 2.75) is 23.5 Å². The molecule has 1 aliphatic heterocycles. The van der Waals surface area contributed by atoms with Crippen LogP contribution in [0.1, 0.15) is 6.42 Å². The van der Waals surface area contributed by atoms with Crippen molar-refractivity contribution in [1.82, 2.24) is 5.32 Å². The molecule has 18 heavy (non-hydrogen) atoms. The molecule has 2 atom stereocenters. The van der Waals surface area contributed by atoms with Crippen LogP contribution >= 0.6 is 28.0 Å². The largest absolute Gasteiger partial charge is 0.468 e. The van der Waals surface area contributed by atoms with E-state index in [1.54, 1.807) is 0 Å². The van der Waals surface area contributed by atoms with Crippen molar-refractivity contribution >= 4 is 33.9 Å². The molecule has 1 fully saturated rings. The molecule has 0 aromatic heterocycles. The van der Waals surface area contributed by atoms with Crippen LogP contribution < -0.4 is 5.32 Å². The van der Waals surface area contributed by atoms with Gasteiger partial charge in [0.15, 0.2) is 0 Å². The summed E-state index contributed by atoms with van der Waals surface area (Å²) in [5, 5.41) is 3.08. The van der Waals surface area contributed by atoms with E-state index in [9.17, 15) is 4.79 Å². The summed E-state index contributed by atoms with van der Waals surface area (Å²) in [6.07, 6.45) is 0.679. The Morgan fingerprint density at radius 2 is 2.17 bits per heavy atom. The zero-order valence-electron chi connectivity index (χ0n) is 9.89. The lowest BCUT2D eigenvalue weighted by Gasteiger charge is -2.09. The molecule has 2 unspecified atom stereocenters. The number of methoxy groups -OCH3 is 1. The van der Waals surface area contributed by atoms with Crippen molar-refractivity contribution in [2.24, 2.45) is 0 Å². The number of carbonyl (C=O) groups is 1. The highest BCUT2D eigenvalue weighted by atomic mass is 79.9. The number of hydrogen-bond donors (Lipinski definition) is 1. The van der Waals surface area contributed by atoms with Gasteiger partial charge in [0.2, 0.25) is 0 Å². The zero-order chi connectivity index (χ0) is 13.0. The summed E-state index contributed by atoms with van der Waals surface area (Å²) in [4.78, 5) is 12.4. The summed E-state index contributed by atoms with van der Waals surface area (Å²) in [7, 11) is 1.40. The van der Waals surface area contributed by atoms with Crippen molar-refractivity contribution in [1.29, 1.82) is 0 Å². The predicted molar refractivity (Wildman–Crippen MR) is 73.3 cm³/mol. The average Bonchev–Trinajstić information content (AvgIpc) is 2.86. The Balaban J connectivity index is 1.78. The highest BCUT2D eigenvalue weighted by Gasteiger charge is 2.30. The van der Waals surface area contributed by atoms with Gasteiger partial charge in [-0.2, -0.15) is 0 Å². The molecule has 1 N–H and O–H groups in total. The molecule has 6 heteroatoms. The first kappa shape index (κ1) is 13.9. The second-order valence-corrected chi connectivity index (χ2v) is 5.72. The van der Waals surface area contributed by atoms with E-state index < -0.39 is 0 Å². The highest BCUT2D eigenvalue weighted by Crippen LogP contribution is 2.25. The third-order valence-electron chi connectivity index (χ3n) is 2.67. The first-order valence-corrected chi connectivity index (χ1v) is 7.12. The van der Waals surface area contributed by atoms with Gasteiger partial charge < -0.3 is 14.2 Å². The lowest BCUT2D eigenvalue weighted by molar-refractivity contribution is -0.142. The maximum absolute atomic E-state index is 11.3. The third-order valence-corrected chi connectivity index (χ3v) is 4.03. The maximum atomic E-state index is 11.3. The molecule has 1 aliphatic rings. The van der Waals surface area contributed by atoms with E-state index in [-0.39, 0.29) is 18.1 Å². The van der Waals surface area contributed by atoms with Gasteiger partial charge >= 0.3 is 5.97 Å². The maximum Gasteiger partial charge on any atom is 0.322 e. The molecule has 0 spiro atoms. The first-order chi connectivity index (χ1) is 8.69. The van der Waals surface area contributed by atoms with Gasteiger partial charge in [0, 0.05) is 34.4 Å². The number of carbonyl (C=O) groups excluding carboxylic acids is 1. The minimum absolute atomic E-state index is 0.0303. The Bertz CT molecular complexity index is 412. The summed E-state index contributed by atoms with van der Waals surface area (Å²) in [6.45, 7) is 0.670. The minimum atomic E-state index is -0.245. The molecule has 1 aromatic carbocycles. The standard InChI is InChI=1S/C12H14BrNO3S/c1-16-12(15)11-6-9(7-14-11)17-18-10-4-2-8(13)3-5-10/h2-5,9,11,14H,6-7H2,1H3. The molecule has 0 radical (unpaired) electrons. The molecule has 2 rings (SSSR count). The lowest BCUT2D eigenvalue weighted by atomic mass is 10.2. The molecule has 1 aromatic rings. The fourth-order valence-electron chi connectivity index (χ4n) is 1.71. The van der Waals surface area contributed by atoms with Gasteiger partial charge in [-0.15, -0.1) is 0 Å². The molecular weight excluding hydrogens is 318 g/mol. The zero-order valence-corrected chi connectivity index (χ0v) is 12.3. The van der Waals surface area contributed by atoms with E-state index >= 15 is 0 Å². The second kappa shape index (κ2) is 6.56. The Labute approximate surface area is 119 Å². The number of halogens is 1. The van der Waals surface area contributed by atoms with Crippen molar-refractivity contribution in [3.8, 4) is 0 Å². The number of rotatable bonds is 4. The summed E-state index contributed by atoms with van der Waals surface area (Å²) >= 11 is 4.72. The summed E-state index contributed by atoms with van der Waals surface area (Å²) in [5.74, 6) is -0.227. The van der Waals surface area contributed by atoms with Crippen LogP contribution in [0, 0.1) is 0 Å². The molecule has 98 valence electrons. The number of hydrogen-bond acceptors (Lipinski definition) is 5. The van der Waals surface area contributed by atoms with Crippen LogP contribution in [0.2, 0.25) is 0 Å². The lowest BCUT2D eigenvalue weighted by Crippen LogP contribution is -2.31. The number of nitrogens with one attached hydrogen (secondary N) is 1. The summed E-state index contributed by atoms with van der Waals surface area (Å²) in [5.41, 5.74) is 0. The van der Waals surface area contributed by atoms with Gasteiger partial charge in [-0.1, -0.05) is 15.9 Å². The van der Waals surface area contributed by atoms with E-state index in [4.69, 9.17) is 4.18 Å². The van der Waals surface area contributed by atoms with Crippen LogP contribution in [0.15, 0.2) is 33.6 Å². The van der Waals surface area contributed by atoms with Gasteiger partial charge in [-0.05, 0) is 24.3 Å². The van der Waals surface area contributed by atoms with Gasteiger partial charge in [0.05, 0.1) is 13.2 Å². The summed E-state index contributed by atoms with van der Waals surface area (Å²) < 4.78 is 11.4. The van der Waals surface area contributed by atoms with Gasteiger partial charge in [-0.25, -0.2) is 0 Å². The second-order valence-electron chi connectivity index (χ2n) is 3.98. The molecule has 1 heterocycles. The van der Waals surface area contributed by atoms with Crippen molar-refractivity contribution in [3.05, 3.63) is 28.7 Å². The molecular formula is C12H14BrNO3S. The van der Waals surface area contributed by atoms with E-state index in [1.807, 2.05) is 24.3 Å². The van der Waals surface area contributed by atoms with Gasteiger partial charge in [0.25, 0.3) is 0 Å². The molecule has 4 nitrogen and oxygen atoms in total. The van der Waals surface area contributed by atoms with Crippen LogP contribution in [0.3, 0.4) is 0 Å². The van der Waals surface area contributed by atoms with E-state index in [0.717, 1.165) is 9.37 Å². The van der Waals surface area contributed by atoms with E-state index in [1.165, 1.54) is 19.2 Å². The normalized spacial score (nSPS) is 23.0. The Morgan fingerprint density at radius 1 is 1.44 bits per heavy atom. The van der Waals surface area contributed by atoms with Crippen molar-refractivity contribution < 1.29 is 13.7 Å². The Kier molecular flexibility index (Phi) is 5.05. The molecule has 0 amide bonds. The number of ether oxygens (including phenoxy) is 1. The average molecular weight is 332 g/mol. The summed E-state index contributed by atoms with van der Waals surface area (Å²) in [6, 6.07) is 7.65. The topological polar surface area (TPSA) is 47.6 Å². The van der Waals surface area contributed by atoms with E-state index in [0.29, 0.717) is 13.0 Å². The van der Waals surface area contributed by atoms with Crippen LogP contribution in [0.5, 0.6) is 0 Å². The van der Waals surface area contributed by atoms with Gasteiger partial charge in [-0.3, -0.25) is 4.79 Å². The van der Waals surface area contributed by atoms with Crippen LogP contribution in [0.25, 0.3) is 0 Å². The Hall–Kier alpha value is -0.560. The molecule has 0 bridgehead atoms. The molecule has 1 saturated heterocycles. The van der Waals surface area contributed by atoms with E-state index in [2.05, 4.69) is 26.0 Å². The van der Waals surface area contributed by atoms with Crippen LogP contribution in [0.4, 0.5) is 0 Å². The fraction of sp³-hybridized carbons (Fsp3) is 0.417. The Morgan fingerprint density at radius 3 is 2.83 bits per heavy atom. The van der Waals surface area contributed by atoms with Crippen LogP contribution in [-0.4, -0.2) is 31.8 Å². The molecule has 0 saturated carbocycles. The quantitative estimate of drug-likeness (QED) is 0.678. The first-order valence-electron chi connectivity index (χ1n) is 5.59. The van der Waals surface area contributed by atoms with Crippen molar-refractivity contribution in [2.75, 3.05) is 13.7 Å². The minimum Gasteiger partial charge on any atom is -0.468 e. The predicted octanol–water partition coefficient (Wildman–Crippen LogP) is 2.38. The van der Waals surface area contributed by atoms with Crippen LogP contribution in [-0.2, 0) is 13.7 Å². The fourth-order valence-corrected chi connectivity index (χ4v) is 2.62. The highest BCUT2D eigenvalue weighted by molar-refractivity contribution is 9.10. The smallest absolute Gasteiger partial charge is 0.322 e. The van der Waals surface area contributed by atoms with Crippen molar-refractivity contribution in [3.63, 3.8) is 0 Å². The third kappa shape index (κ3) is 3.71. The molecule has 0 aliphatic carbocycles. The van der Waals surface area contributed by atoms with Gasteiger partial charge in [0.1, 0.15) is 6.04 Å². The monoisotopic (exact) mass is 331 g/mol. The number of benzene rings is 1. The number of esters is 1.